The van der Waals surface area contributed by atoms with Gasteiger partial charge in [-0.2, -0.15) is 0 Å². The number of halogens is 1. The van der Waals surface area contributed by atoms with Gasteiger partial charge in [0.05, 0.1) is 0 Å². The molecule has 1 amide bonds. The SMILES string of the molecule is C[C@@H]([NH2+]CC(=O)Nc1ccc(F)cc1)c1ccccc1. The van der Waals surface area contributed by atoms with Gasteiger partial charge in [0.1, 0.15) is 11.9 Å². The number of carbonyl (C=O) groups is 1. The van der Waals surface area contributed by atoms with Crippen LogP contribution in [0.15, 0.2) is 54.6 Å². The largest absolute Gasteiger partial charge is 0.333 e. The van der Waals surface area contributed by atoms with Crippen molar-refractivity contribution >= 4 is 11.6 Å². The van der Waals surface area contributed by atoms with E-state index in [-0.39, 0.29) is 17.8 Å². The van der Waals surface area contributed by atoms with Crippen molar-refractivity contribution in [1.82, 2.24) is 0 Å². The van der Waals surface area contributed by atoms with E-state index in [0.29, 0.717) is 12.2 Å². The van der Waals surface area contributed by atoms with Gasteiger partial charge < -0.3 is 10.6 Å². The Morgan fingerprint density at radius 2 is 1.80 bits per heavy atom. The van der Waals surface area contributed by atoms with Crippen LogP contribution in [0.4, 0.5) is 10.1 Å². The van der Waals surface area contributed by atoms with E-state index >= 15 is 0 Å². The molecular formula is C16H18FN2O+. The molecule has 3 nitrogen and oxygen atoms in total. The van der Waals surface area contributed by atoms with Crippen molar-refractivity contribution in [1.29, 1.82) is 0 Å². The fourth-order valence-corrected chi connectivity index (χ4v) is 1.92. The molecule has 2 aromatic rings. The van der Waals surface area contributed by atoms with Crippen LogP contribution >= 0.6 is 0 Å². The highest BCUT2D eigenvalue weighted by molar-refractivity contribution is 5.91. The van der Waals surface area contributed by atoms with Gasteiger partial charge in [0, 0.05) is 11.3 Å². The summed E-state index contributed by atoms with van der Waals surface area (Å²) < 4.78 is 12.7. The van der Waals surface area contributed by atoms with Gasteiger partial charge in [-0.1, -0.05) is 30.3 Å². The normalized spacial score (nSPS) is 11.9. The van der Waals surface area contributed by atoms with Crippen LogP contribution in [0, 0.1) is 5.82 Å². The molecule has 0 aliphatic heterocycles. The summed E-state index contributed by atoms with van der Waals surface area (Å²) in [6.07, 6.45) is 0. The van der Waals surface area contributed by atoms with Crippen molar-refractivity contribution < 1.29 is 14.5 Å². The minimum Gasteiger partial charge on any atom is -0.333 e. The van der Waals surface area contributed by atoms with Gasteiger partial charge in [-0.25, -0.2) is 4.39 Å². The number of hydrogen-bond acceptors (Lipinski definition) is 1. The van der Waals surface area contributed by atoms with Crippen molar-refractivity contribution in [3.05, 3.63) is 66.0 Å². The van der Waals surface area contributed by atoms with Gasteiger partial charge in [-0.05, 0) is 31.2 Å². The lowest BCUT2D eigenvalue weighted by Crippen LogP contribution is -2.86. The summed E-state index contributed by atoms with van der Waals surface area (Å²) in [6, 6.07) is 16.0. The third kappa shape index (κ3) is 4.17. The maximum atomic E-state index is 12.7. The van der Waals surface area contributed by atoms with E-state index in [2.05, 4.69) is 12.2 Å². The molecule has 0 unspecified atom stereocenters. The van der Waals surface area contributed by atoms with Crippen LogP contribution < -0.4 is 10.6 Å². The Kier molecular flexibility index (Phi) is 4.85. The second kappa shape index (κ2) is 6.82. The summed E-state index contributed by atoms with van der Waals surface area (Å²) in [5.41, 5.74) is 1.79. The number of nitrogens with two attached hydrogens (primary N) is 1. The first kappa shape index (κ1) is 14.2. The van der Waals surface area contributed by atoms with Crippen LogP contribution in [0.25, 0.3) is 0 Å². The standard InChI is InChI=1S/C16H17FN2O/c1-12(13-5-3-2-4-6-13)18-11-16(20)19-15-9-7-14(17)8-10-15/h2-10,12,18H,11H2,1H3,(H,19,20)/p+1/t12-/m1/s1. The summed E-state index contributed by atoms with van der Waals surface area (Å²) >= 11 is 0. The molecule has 0 heterocycles. The lowest BCUT2D eigenvalue weighted by molar-refractivity contribution is -0.682. The average molecular weight is 273 g/mol. The van der Waals surface area contributed by atoms with Crippen molar-refractivity contribution in [2.45, 2.75) is 13.0 Å². The lowest BCUT2D eigenvalue weighted by Gasteiger charge is -2.11. The van der Waals surface area contributed by atoms with Crippen molar-refractivity contribution in [3.8, 4) is 0 Å². The van der Waals surface area contributed by atoms with Gasteiger partial charge >= 0.3 is 0 Å². The highest BCUT2D eigenvalue weighted by Gasteiger charge is 2.11. The van der Waals surface area contributed by atoms with E-state index < -0.39 is 0 Å². The Morgan fingerprint density at radius 1 is 1.15 bits per heavy atom. The zero-order valence-corrected chi connectivity index (χ0v) is 11.3. The molecule has 4 heteroatoms. The number of benzene rings is 2. The number of anilines is 1. The van der Waals surface area contributed by atoms with E-state index in [9.17, 15) is 9.18 Å². The fraction of sp³-hybridized carbons (Fsp3) is 0.188. The topological polar surface area (TPSA) is 45.7 Å². The van der Waals surface area contributed by atoms with E-state index in [4.69, 9.17) is 0 Å². The Bertz CT molecular complexity index is 554. The number of rotatable bonds is 5. The van der Waals surface area contributed by atoms with Crippen LogP contribution in [0.1, 0.15) is 18.5 Å². The molecular weight excluding hydrogens is 255 g/mol. The molecule has 0 aliphatic carbocycles. The zero-order chi connectivity index (χ0) is 14.4. The van der Waals surface area contributed by atoms with Crippen molar-refractivity contribution in [2.24, 2.45) is 0 Å². The predicted octanol–water partition coefficient (Wildman–Crippen LogP) is 2.09. The molecule has 2 rings (SSSR count). The summed E-state index contributed by atoms with van der Waals surface area (Å²) in [6.45, 7) is 2.38. The summed E-state index contributed by atoms with van der Waals surface area (Å²) in [5, 5.41) is 4.71. The Morgan fingerprint density at radius 3 is 2.45 bits per heavy atom. The number of nitrogens with one attached hydrogen (secondary N) is 1. The molecule has 0 saturated heterocycles. The molecule has 2 aromatic carbocycles. The maximum Gasteiger partial charge on any atom is 0.279 e. The second-order valence-electron chi connectivity index (χ2n) is 4.69. The van der Waals surface area contributed by atoms with E-state index in [1.807, 2.05) is 35.6 Å². The Hall–Kier alpha value is -2.20. The van der Waals surface area contributed by atoms with Gasteiger partial charge in [0.15, 0.2) is 6.54 Å². The first-order valence-corrected chi connectivity index (χ1v) is 6.59. The van der Waals surface area contributed by atoms with E-state index in [1.165, 1.54) is 17.7 Å². The van der Waals surface area contributed by atoms with Crippen LogP contribution in [0.3, 0.4) is 0 Å². The van der Waals surface area contributed by atoms with Crippen LogP contribution in [0.2, 0.25) is 0 Å². The smallest absolute Gasteiger partial charge is 0.279 e. The average Bonchev–Trinajstić information content (AvgIpc) is 2.48. The minimum atomic E-state index is -0.313. The molecule has 0 aromatic heterocycles. The number of quaternary nitrogens is 1. The molecule has 0 saturated carbocycles. The molecule has 0 radical (unpaired) electrons. The molecule has 20 heavy (non-hydrogen) atoms. The zero-order valence-electron chi connectivity index (χ0n) is 11.3. The summed E-state index contributed by atoms with van der Waals surface area (Å²) in [7, 11) is 0. The summed E-state index contributed by atoms with van der Waals surface area (Å²) in [5.74, 6) is -0.411. The quantitative estimate of drug-likeness (QED) is 0.861. The highest BCUT2D eigenvalue weighted by atomic mass is 19.1. The van der Waals surface area contributed by atoms with E-state index in [0.717, 1.165) is 0 Å². The monoisotopic (exact) mass is 273 g/mol. The van der Waals surface area contributed by atoms with Crippen LogP contribution in [-0.4, -0.2) is 12.5 Å². The lowest BCUT2D eigenvalue weighted by atomic mass is 10.1. The van der Waals surface area contributed by atoms with Crippen LogP contribution in [0.5, 0.6) is 0 Å². The van der Waals surface area contributed by atoms with Gasteiger partial charge in [0.2, 0.25) is 0 Å². The maximum absolute atomic E-state index is 12.7. The molecule has 0 fully saturated rings. The van der Waals surface area contributed by atoms with Gasteiger partial charge in [0.25, 0.3) is 5.91 Å². The fourth-order valence-electron chi connectivity index (χ4n) is 1.92. The Balaban J connectivity index is 1.82. The molecule has 0 spiro atoms. The second-order valence-corrected chi connectivity index (χ2v) is 4.69. The molecule has 3 N–H and O–H groups in total. The highest BCUT2D eigenvalue weighted by Crippen LogP contribution is 2.08. The third-order valence-electron chi connectivity index (χ3n) is 3.11. The van der Waals surface area contributed by atoms with E-state index in [1.54, 1.807) is 12.1 Å². The minimum absolute atomic E-state index is 0.0978. The summed E-state index contributed by atoms with van der Waals surface area (Å²) in [4.78, 5) is 11.8. The van der Waals surface area contributed by atoms with Crippen molar-refractivity contribution in [3.63, 3.8) is 0 Å². The molecule has 0 bridgehead atoms. The van der Waals surface area contributed by atoms with Gasteiger partial charge in [-0.15, -0.1) is 0 Å². The number of carbonyl (C=O) groups excluding carboxylic acids is 1. The Labute approximate surface area is 117 Å². The first-order valence-electron chi connectivity index (χ1n) is 6.59. The van der Waals surface area contributed by atoms with Crippen LogP contribution in [-0.2, 0) is 4.79 Å². The predicted molar refractivity (Wildman–Crippen MR) is 76.7 cm³/mol. The molecule has 1 atom stereocenters. The number of hydrogen-bond donors (Lipinski definition) is 2. The molecule has 104 valence electrons. The first-order chi connectivity index (χ1) is 9.65. The molecule has 0 aliphatic rings. The third-order valence-corrected chi connectivity index (χ3v) is 3.11. The number of amides is 1. The van der Waals surface area contributed by atoms with Gasteiger partial charge in [-0.3, -0.25) is 4.79 Å². The van der Waals surface area contributed by atoms with Crippen molar-refractivity contribution in [2.75, 3.05) is 11.9 Å².